The number of anilines is 1. The van der Waals surface area contributed by atoms with Crippen molar-refractivity contribution in [1.29, 1.82) is 0 Å². The van der Waals surface area contributed by atoms with E-state index >= 15 is 0 Å². The van der Waals surface area contributed by atoms with Gasteiger partial charge in [0.25, 0.3) is 0 Å². The lowest BCUT2D eigenvalue weighted by atomic mass is 10.0. The zero-order valence-electron chi connectivity index (χ0n) is 13.8. The van der Waals surface area contributed by atoms with Crippen LogP contribution in [-0.4, -0.2) is 18.9 Å². The van der Waals surface area contributed by atoms with Gasteiger partial charge in [0, 0.05) is 12.1 Å². The van der Waals surface area contributed by atoms with Gasteiger partial charge in [-0.05, 0) is 31.0 Å². The van der Waals surface area contributed by atoms with E-state index in [1.54, 1.807) is 19.2 Å². The molecule has 130 valence electrons. The summed E-state index contributed by atoms with van der Waals surface area (Å²) in [6.07, 6.45) is 0.899. The van der Waals surface area contributed by atoms with Crippen molar-refractivity contribution in [2.24, 2.45) is 5.41 Å². The van der Waals surface area contributed by atoms with Crippen molar-refractivity contribution in [2.75, 3.05) is 12.4 Å². The molecule has 0 aliphatic heterocycles. The summed E-state index contributed by atoms with van der Waals surface area (Å²) in [5.74, 6) is -0.688. The second-order valence-corrected chi connectivity index (χ2v) is 6.01. The minimum absolute atomic E-state index is 0.0799. The maximum absolute atomic E-state index is 13.7. The molecule has 6 heteroatoms. The van der Waals surface area contributed by atoms with Gasteiger partial charge in [-0.15, -0.1) is 0 Å². The number of amides is 2. The number of ether oxygens (including phenoxy) is 1. The predicted molar refractivity (Wildman–Crippen MR) is 91.5 cm³/mol. The minimum atomic E-state index is -1.12. The molecule has 1 fully saturated rings. The number of nitrogens with one attached hydrogen (secondary N) is 2. The van der Waals surface area contributed by atoms with Crippen LogP contribution >= 0.6 is 0 Å². The van der Waals surface area contributed by atoms with Crippen molar-refractivity contribution in [1.82, 2.24) is 5.32 Å². The van der Waals surface area contributed by atoms with Gasteiger partial charge in [-0.3, -0.25) is 9.59 Å². The SMILES string of the molecule is COc1ccccc1CNC(=O)C1(C(=O)Nc2ccccc2F)CC1. The molecule has 0 bridgehead atoms. The molecule has 3 rings (SSSR count). The average molecular weight is 342 g/mol. The zero-order chi connectivity index (χ0) is 17.9. The fourth-order valence-electron chi connectivity index (χ4n) is 2.68. The molecule has 2 N–H and O–H groups in total. The van der Waals surface area contributed by atoms with Crippen LogP contribution in [0.2, 0.25) is 0 Å². The van der Waals surface area contributed by atoms with Crippen LogP contribution in [0.5, 0.6) is 5.75 Å². The van der Waals surface area contributed by atoms with Crippen LogP contribution in [0, 0.1) is 11.2 Å². The van der Waals surface area contributed by atoms with E-state index in [0.29, 0.717) is 18.6 Å². The van der Waals surface area contributed by atoms with Crippen molar-refractivity contribution in [3.05, 3.63) is 59.9 Å². The lowest BCUT2D eigenvalue weighted by Gasteiger charge is -2.16. The third-order valence-electron chi connectivity index (χ3n) is 4.37. The van der Waals surface area contributed by atoms with Crippen LogP contribution in [0.4, 0.5) is 10.1 Å². The number of hydrogen-bond donors (Lipinski definition) is 2. The molecule has 0 unspecified atom stereocenters. The highest BCUT2D eigenvalue weighted by Gasteiger charge is 2.56. The van der Waals surface area contributed by atoms with E-state index in [2.05, 4.69) is 10.6 Å². The Morgan fingerprint density at radius 2 is 1.76 bits per heavy atom. The second kappa shape index (κ2) is 6.93. The summed E-state index contributed by atoms with van der Waals surface area (Å²) in [5.41, 5.74) is -0.218. The average Bonchev–Trinajstić information content (AvgIpc) is 3.44. The number of rotatable bonds is 6. The second-order valence-electron chi connectivity index (χ2n) is 6.01. The Bertz CT molecular complexity index is 803. The van der Waals surface area contributed by atoms with Gasteiger partial charge in [-0.25, -0.2) is 4.39 Å². The molecule has 1 aliphatic carbocycles. The van der Waals surface area contributed by atoms with Crippen LogP contribution in [0.1, 0.15) is 18.4 Å². The first-order valence-corrected chi connectivity index (χ1v) is 8.03. The molecule has 0 spiro atoms. The van der Waals surface area contributed by atoms with Crippen LogP contribution in [0.3, 0.4) is 0 Å². The molecule has 0 saturated heterocycles. The maximum atomic E-state index is 13.7. The first kappa shape index (κ1) is 17.0. The van der Waals surface area contributed by atoms with E-state index in [-0.39, 0.29) is 18.1 Å². The highest BCUT2D eigenvalue weighted by molar-refractivity contribution is 6.13. The van der Waals surface area contributed by atoms with Crippen molar-refractivity contribution in [3.8, 4) is 5.75 Å². The molecular weight excluding hydrogens is 323 g/mol. The van der Waals surface area contributed by atoms with Gasteiger partial charge in [-0.1, -0.05) is 30.3 Å². The van der Waals surface area contributed by atoms with Crippen molar-refractivity contribution in [3.63, 3.8) is 0 Å². The molecule has 0 atom stereocenters. The quantitative estimate of drug-likeness (QED) is 0.793. The zero-order valence-corrected chi connectivity index (χ0v) is 13.8. The van der Waals surface area contributed by atoms with Crippen molar-refractivity contribution in [2.45, 2.75) is 19.4 Å². The first-order chi connectivity index (χ1) is 12.1. The summed E-state index contributed by atoms with van der Waals surface area (Å²) in [5, 5.41) is 5.30. The molecular formula is C19H19FN2O3. The van der Waals surface area contributed by atoms with E-state index in [4.69, 9.17) is 4.74 Å². The highest BCUT2D eigenvalue weighted by atomic mass is 19.1. The van der Waals surface area contributed by atoms with E-state index in [0.717, 1.165) is 5.56 Å². The smallest absolute Gasteiger partial charge is 0.240 e. The van der Waals surface area contributed by atoms with Gasteiger partial charge in [0.2, 0.25) is 11.8 Å². The van der Waals surface area contributed by atoms with Crippen LogP contribution in [0.15, 0.2) is 48.5 Å². The molecule has 0 heterocycles. The number of halogens is 1. The monoisotopic (exact) mass is 342 g/mol. The lowest BCUT2D eigenvalue weighted by molar-refractivity contribution is -0.134. The number of hydrogen-bond acceptors (Lipinski definition) is 3. The highest BCUT2D eigenvalue weighted by Crippen LogP contribution is 2.47. The van der Waals surface area contributed by atoms with Crippen LogP contribution < -0.4 is 15.4 Å². The maximum Gasteiger partial charge on any atom is 0.240 e. The van der Waals surface area contributed by atoms with E-state index < -0.39 is 17.1 Å². The molecule has 1 saturated carbocycles. The van der Waals surface area contributed by atoms with E-state index in [1.165, 1.54) is 18.2 Å². The van der Waals surface area contributed by atoms with Gasteiger partial charge in [0.15, 0.2) is 0 Å². The Balaban J connectivity index is 1.65. The Kier molecular flexibility index (Phi) is 4.70. The normalized spacial score (nSPS) is 14.5. The van der Waals surface area contributed by atoms with E-state index in [1.807, 2.05) is 18.2 Å². The Labute approximate surface area is 145 Å². The van der Waals surface area contributed by atoms with E-state index in [9.17, 15) is 14.0 Å². The number of methoxy groups -OCH3 is 1. The van der Waals surface area contributed by atoms with Crippen molar-refractivity contribution < 1.29 is 18.7 Å². The van der Waals surface area contributed by atoms with Crippen molar-refractivity contribution >= 4 is 17.5 Å². The Hall–Kier alpha value is -2.89. The molecule has 5 nitrogen and oxygen atoms in total. The fraction of sp³-hybridized carbons (Fsp3) is 0.263. The van der Waals surface area contributed by atoms with Gasteiger partial charge in [0.1, 0.15) is 17.0 Å². The summed E-state index contributed by atoms with van der Waals surface area (Å²) in [7, 11) is 1.56. The molecule has 2 aromatic carbocycles. The Morgan fingerprint density at radius 3 is 2.44 bits per heavy atom. The van der Waals surface area contributed by atoms with Gasteiger partial charge < -0.3 is 15.4 Å². The summed E-state index contributed by atoms with van der Waals surface area (Å²) in [4.78, 5) is 25.0. The minimum Gasteiger partial charge on any atom is -0.496 e. The summed E-state index contributed by atoms with van der Waals surface area (Å²) >= 11 is 0. The predicted octanol–water partition coefficient (Wildman–Crippen LogP) is 2.87. The summed E-state index contributed by atoms with van der Waals surface area (Å²) in [6, 6.07) is 13.2. The molecule has 0 aromatic heterocycles. The summed E-state index contributed by atoms with van der Waals surface area (Å²) < 4.78 is 18.9. The summed E-state index contributed by atoms with van der Waals surface area (Å²) in [6.45, 7) is 0.261. The molecule has 25 heavy (non-hydrogen) atoms. The van der Waals surface area contributed by atoms with Gasteiger partial charge >= 0.3 is 0 Å². The number of para-hydroxylation sites is 2. The number of carbonyl (C=O) groups excluding carboxylic acids is 2. The van der Waals surface area contributed by atoms with Crippen LogP contribution in [0.25, 0.3) is 0 Å². The number of carbonyl (C=O) groups is 2. The largest absolute Gasteiger partial charge is 0.496 e. The molecule has 1 aliphatic rings. The molecule has 2 amide bonds. The van der Waals surface area contributed by atoms with Gasteiger partial charge in [-0.2, -0.15) is 0 Å². The third kappa shape index (κ3) is 3.47. The van der Waals surface area contributed by atoms with Crippen LogP contribution in [-0.2, 0) is 16.1 Å². The molecule has 0 radical (unpaired) electrons. The first-order valence-electron chi connectivity index (χ1n) is 8.03. The third-order valence-corrected chi connectivity index (χ3v) is 4.37. The Morgan fingerprint density at radius 1 is 1.08 bits per heavy atom. The fourth-order valence-corrected chi connectivity index (χ4v) is 2.68. The number of benzene rings is 2. The standard InChI is InChI=1S/C19H19FN2O3/c1-25-16-9-5-2-6-13(16)12-21-17(23)19(10-11-19)18(24)22-15-8-4-3-7-14(15)20/h2-9H,10-12H2,1H3,(H,21,23)(H,22,24). The lowest BCUT2D eigenvalue weighted by Crippen LogP contribution is -2.39. The molecule has 2 aromatic rings. The topological polar surface area (TPSA) is 67.4 Å². The van der Waals surface area contributed by atoms with Gasteiger partial charge in [0.05, 0.1) is 12.8 Å².